The molecular formula is C19H21NO7S. The molecule has 2 aromatic rings. The van der Waals surface area contributed by atoms with E-state index in [-0.39, 0.29) is 13.0 Å². The molecule has 8 nitrogen and oxygen atoms in total. The van der Waals surface area contributed by atoms with Crippen LogP contribution in [0.5, 0.6) is 0 Å². The summed E-state index contributed by atoms with van der Waals surface area (Å²) in [4.78, 5) is 21.9. The number of nitro groups is 1. The number of ether oxygens (including phenoxy) is 1. The number of hydrogen-bond acceptors (Lipinski definition) is 7. The van der Waals surface area contributed by atoms with Gasteiger partial charge in [-0.3, -0.25) is 14.3 Å². The van der Waals surface area contributed by atoms with Crippen molar-refractivity contribution in [3.8, 4) is 0 Å². The number of para-hydroxylation sites is 1. The predicted molar refractivity (Wildman–Crippen MR) is 101 cm³/mol. The van der Waals surface area contributed by atoms with Crippen LogP contribution in [0.15, 0.2) is 59.5 Å². The summed E-state index contributed by atoms with van der Waals surface area (Å²) in [5.74, 6) is -0.822. The lowest BCUT2D eigenvalue weighted by Crippen LogP contribution is -2.29. The maximum Gasteiger partial charge on any atom is 0.336 e. The van der Waals surface area contributed by atoms with Gasteiger partial charge in [0, 0.05) is 6.07 Å². The molecule has 2 rings (SSSR count). The van der Waals surface area contributed by atoms with Crippen molar-refractivity contribution in [1.82, 2.24) is 0 Å². The number of esters is 1. The van der Waals surface area contributed by atoms with Gasteiger partial charge in [-0.15, -0.1) is 0 Å². The average Bonchev–Trinajstić information content (AvgIpc) is 2.68. The van der Waals surface area contributed by atoms with E-state index in [4.69, 9.17) is 8.92 Å². The first-order valence-electron chi connectivity index (χ1n) is 8.72. The molecule has 0 bridgehead atoms. The first kappa shape index (κ1) is 21.5. The summed E-state index contributed by atoms with van der Waals surface area (Å²) in [6.07, 6.45) is -0.201. The van der Waals surface area contributed by atoms with Crippen molar-refractivity contribution in [2.75, 3.05) is 6.61 Å². The van der Waals surface area contributed by atoms with E-state index in [0.717, 1.165) is 17.7 Å². The van der Waals surface area contributed by atoms with Crippen molar-refractivity contribution in [3.05, 3.63) is 70.3 Å². The summed E-state index contributed by atoms with van der Waals surface area (Å²) in [6, 6.07) is 14.3. The van der Waals surface area contributed by atoms with Gasteiger partial charge in [-0.2, -0.15) is 8.42 Å². The molecule has 0 aliphatic heterocycles. The fourth-order valence-corrected chi connectivity index (χ4v) is 3.83. The van der Waals surface area contributed by atoms with Gasteiger partial charge in [0.05, 0.1) is 11.5 Å². The number of hydrogen-bond donors (Lipinski definition) is 0. The second kappa shape index (κ2) is 9.95. The first-order chi connectivity index (χ1) is 13.3. The monoisotopic (exact) mass is 407 g/mol. The number of aryl methyl sites for hydroxylation is 1. The van der Waals surface area contributed by atoms with Crippen LogP contribution in [0.4, 0.5) is 5.69 Å². The number of nitrogens with zero attached hydrogens (tertiary/aromatic N) is 1. The van der Waals surface area contributed by atoms with Crippen LogP contribution < -0.4 is 0 Å². The third-order valence-electron chi connectivity index (χ3n) is 3.90. The Labute approximate surface area is 163 Å². The summed E-state index contributed by atoms with van der Waals surface area (Å²) in [5, 5.41) is 11.1. The summed E-state index contributed by atoms with van der Waals surface area (Å²) in [6.45, 7) is 1.65. The van der Waals surface area contributed by atoms with Crippen molar-refractivity contribution in [1.29, 1.82) is 0 Å². The third-order valence-corrected chi connectivity index (χ3v) is 5.27. The fraction of sp³-hybridized carbons (Fsp3) is 0.316. The highest BCUT2D eigenvalue weighted by Gasteiger charge is 2.32. The highest BCUT2D eigenvalue weighted by molar-refractivity contribution is 7.87. The number of benzene rings is 2. The van der Waals surface area contributed by atoms with E-state index in [1.54, 1.807) is 6.92 Å². The normalized spacial score (nSPS) is 12.3. The quantitative estimate of drug-likeness (QED) is 0.257. The molecule has 0 fully saturated rings. The van der Waals surface area contributed by atoms with Gasteiger partial charge in [0.1, 0.15) is 0 Å². The van der Waals surface area contributed by atoms with E-state index in [0.29, 0.717) is 12.8 Å². The van der Waals surface area contributed by atoms with Gasteiger partial charge in [-0.1, -0.05) is 42.5 Å². The average molecular weight is 407 g/mol. The molecule has 0 amide bonds. The van der Waals surface area contributed by atoms with Crippen LogP contribution in [-0.4, -0.2) is 32.0 Å². The lowest BCUT2D eigenvalue weighted by Gasteiger charge is -2.16. The minimum absolute atomic E-state index is 0.0584. The molecule has 0 radical (unpaired) electrons. The maximum absolute atomic E-state index is 12.6. The molecular weight excluding hydrogens is 386 g/mol. The highest BCUT2D eigenvalue weighted by atomic mass is 32.2. The zero-order chi connectivity index (χ0) is 20.6. The number of rotatable bonds is 10. The Balaban J connectivity index is 2.17. The van der Waals surface area contributed by atoms with Gasteiger partial charge >= 0.3 is 16.1 Å². The molecule has 150 valence electrons. The van der Waals surface area contributed by atoms with Crippen molar-refractivity contribution in [2.24, 2.45) is 0 Å². The summed E-state index contributed by atoms with van der Waals surface area (Å²) >= 11 is 0. The molecule has 0 N–H and O–H groups in total. The molecule has 0 spiro atoms. The van der Waals surface area contributed by atoms with Gasteiger partial charge in [0.15, 0.2) is 11.0 Å². The number of nitro benzene ring substituents is 1. The minimum Gasteiger partial charge on any atom is -0.464 e. The maximum atomic E-state index is 12.6. The van der Waals surface area contributed by atoms with Gasteiger partial charge in [-0.05, 0) is 37.8 Å². The van der Waals surface area contributed by atoms with E-state index in [2.05, 4.69) is 0 Å². The molecule has 1 atom stereocenters. The Kier molecular flexibility index (Phi) is 7.65. The highest BCUT2D eigenvalue weighted by Crippen LogP contribution is 2.26. The Bertz CT molecular complexity index is 913. The predicted octanol–water partition coefficient (Wildman–Crippen LogP) is 3.25. The van der Waals surface area contributed by atoms with E-state index in [1.165, 1.54) is 12.1 Å². The Hall–Kier alpha value is -2.78. The van der Waals surface area contributed by atoms with E-state index in [9.17, 15) is 23.3 Å². The Morgan fingerprint density at radius 3 is 2.39 bits per heavy atom. The molecule has 9 heteroatoms. The molecule has 0 aliphatic rings. The molecule has 28 heavy (non-hydrogen) atoms. The van der Waals surface area contributed by atoms with Gasteiger partial charge in [-0.25, -0.2) is 4.79 Å². The second-order valence-electron chi connectivity index (χ2n) is 5.89. The number of carbonyl (C=O) groups excluding carboxylic acids is 1. The topological polar surface area (TPSA) is 113 Å². The first-order valence-corrected chi connectivity index (χ1v) is 10.1. The van der Waals surface area contributed by atoms with Crippen molar-refractivity contribution in [3.63, 3.8) is 0 Å². The van der Waals surface area contributed by atoms with Crippen molar-refractivity contribution in [2.45, 2.75) is 37.2 Å². The molecule has 2 aromatic carbocycles. The van der Waals surface area contributed by atoms with Crippen LogP contribution in [0.25, 0.3) is 0 Å². The minimum atomic E-state index is -4.54. The zero-order valence-electron chi connectivity index (χ0n) is 15.3. The lowest BCUT2D eigenvalue weighted by molar-refractivity contribution is -0.387. The fourth-order valence-electron chi connectivity index (χ4n) is 2.60. The summed E-state index contributed by atoms with van der Waals surface area (Å²) in [7, 11) is -4.54. The van der Waals surface area contributed by atoms with Gasteiger partial charge < -0.3 is 4.74 Å². The van der Waals surface area contributed by atoms with Crippen LogP contribution in [0.2, 0.25) is 0 Å². The van der Waals surface area contributed by atoms with E-state index in [1.807, 2.05) is 30.3 Å². The smallest absolute Gasteiger partial charge is 0.336 e. The zero-order valence-corrected chi connectivity index (χ0v) is 16.1. The lowest BCUT2D eigenvalue weighted by atomic mass is 10.1. The molecule has 0 aromatic heterocycles. The van der Waals surface area contributed by atoms with Crippen molar-refractivity contribution < 1.29 is 27.1 Å². The van der Waals surface area contributed by atoms with Crippen LogP contribution in [-0.2, 0) is 30.3 Å². The standard InChI is InChI=1S/C19H21NO7S/c1-2-26-19(21)17(13-8-11-15-9-4-3-5-10-15)27-28(24,25)18-14-7-6-12-16(18)20(22)23/h3-7,9-10,12,14,17H,2,8,11,13H2,1H3/t17-/m1/s1. The van der Waals surface area contributed by atoms with Gasteiger partial charge in [0.25, 0.3) is 5.69 Å². The van der Waals surface area contributed by atoms with E-state index < -0.39 is 37.7 Å². The van der Waals surface area contributed by atoms with Crippen molar-refractivity contribution >= 4 is 21.8 Å². The SMILES string of the molecule is CCOC(=O)[C@@H](CCCc1ccccc1)OS(=O)(=O)c1ccccc1[N+](=O)[O-]. The van der Waals surface area contributed by atoms with Gasteiger partial charge in [0.2, 0.25) is 0 Å². The molecule has 0 heterocycles. The Morgan fingerprint density at radius 2 is 1.75 bits per heavy atom. The van der Waals surface area contributed by atoms with Crippen LogP contribution in [0.1, 0.15) is 25.3 Å². The van der Waals surface area contributed by atoms with Crippen LogP contribution in [0.3, 0.4) is 0 Å². The third kappa shape index (κ3) is 5.86. The summed E-state index contributed by atoms with van der Waals surface area (Å²) in [5.41, 5.74) is 0.418. The van der Waals surface area contributed by atoms with E-state index >= 15 is 0 Å². The molecule has 0 saturated heterocycles. The second-order valence-corrected chi connectivity index (χ2v) is 7.43. The van der Waals surface area contributed by atoms with Crippen LogP contribution >= 0.6 is 0 Å². The molecule has 0 unspecified atom stereocenters. The largest absolute Gasteiger partial charge is 0.464 e. The Morgan fingerprint density at radius 1 is 1.11 bits per heavy atom. The summed E-state index contributed by atoms with van der Waals surface area (Å²) < 4.78 is 35.1. The van der Waals surface area contributed by atoms with Crippen LogP contribution in [0, 0.1) is 10.1 Å². The molecule has 0 aliphatic carbocycles. The number of carbonyl (C=O) groups is 1. The molecule has 0 saturated carbocycles.